The second-order valence-electron chi connectivity index (χ2n) is 14.3. The normalized spacial score (nSPS) is 20.8. The molecule has 1 saturated carbocycles. The molecule has 14 nitrogen and oxygen atoms in total. The first-order chi connectivity index (χ1) is 25.3. The average molecular weight is 770 g/mol. The van der Waals surface area contributed by atoms with Crippen molar-refractivity contribution in [3.63, 3.8) is 0 Å². The summed E-state index contributed by atoms with van der Waals surface area (Å²) in [6.07, 6.45) is 2.85. The van der Waals surface area contributed by atoms with Crippen LogP contribution in [-0.4, -0.2) is 148 Å². The van der Waals surface area contributed by atoms with Gasteiger partial charge in [-0.25, -0.2) is 0 Å². The fraction of sp³-hybridized carbons (Fsp3) is 0.694. The van der Waals surface area contributed by atoms with Crippen LogP contribution in [0.2, 0.25) is 0 Å². The molecule has 1 unspecified atom stereocenters. The van der Waals surface area contributed by atoms with E-state index in [2.05, 4.69) is 27.3 Å². The number of hydrogen-bond donors (Lipinski definition) is 5. The molecule has 2 heterocycles. The molecule has 3 amide bonds. The quantitative estimate of drug-likeness (QED) is 0.127. The SMILES string of the molecule is C=CC[C@H](NC(=O)[C@H](Cc1ccccc1)NS(=O)(=O)N1CCN(C)CC1)C(=O)N[C@@H](CC1CCCCC1)C(O)C(F)(F)C(=O)NCCN1CCOCC1. The lowest BCUT2D eigenvalue weighted by Crippen LogP contribution is -2.61. The third-order valence-electron chi connectivity index (χ3n) is 10.2. The number of piperazine rings is 1. The molecule has 0 spiro atoms. The van der Waals surface area contributed by atoms with Crippen molar-refractivity contribution in [2.24, 2.45) is 5.92 Å². The van der Waals surface area contributed by atoms with E-state index in [1.54, 1.807) is 30.3 Å². The van der Waals surface area contributed by atoms with Crippen molar-refractivity contribution in [1.82, 2.24) is 34.8 Å². The van der Waals surface area contributed by atoms with Crippen molar-refractivity contribution in [3.05, 3.63) is 48.6 Å². The molecule has 298 valence electrons. The Morgan fingerprint density at radius 3 is 2.26 bits per heavy atom. The van der Waals surface area contributed by atoms with E-state index in [0.29, 0.717) is 51.5 Å². The number of aliphatic hydroxyl groups is 1. The summed E-state index contributed by atoms with van der Waals surface area (Å²) < 4.78 is 67.2. The maximum atomic E-state index is 15.6. The van der Waals surface area contributed by atoms with Gasteiger partial charge in [-0.3, -0.25) is 19.3 Å². The smallest absolute Gasteiger partial charge is 0.351 e. The van der Waals surface area contributed by atoms with Gasteiger partial charge in [-0.1, -0.05) is 68.5 Å². The predicted octanol–water partition coefficient (Wildman–Crippen LogP) is 0.640. The second-order valence-corrected chi connectivity index (χ2v) is 16.0. The third-order valence-corrected chi connectivity index (χ3v) is 11.9. The van der Waals surface area contributed by atoms with Crippen LogP contribution in [0, 0.1) is 5.92 Å². The Morgan fingerprint density at radius 2 is 1.62 bits per heavy atom. The van der Waals surface area contributed by atoms with Gasteiger partial charge in [0.05, 0.1) is 19.3 Å². The van der Waals surface area contributed by atoms with Gasteiger partial charge in [0, 0.05) is 52.4 Å². The number of benzene rings is 1. The van der Waals surface area contributed by atoms with Crippen LogP contribution in [0.5, 0.6) is 0 Å². The number of aliphatic hydroxyl groups excluding tert-OH is 1. The Labute approximate surface area is 312 Å². The Bertz CT molecular complexity index is 1440. The molecule has 4 atom stereocenters. The van der Waals surface area contributed by atoms with E-state index in [1.807, 2.05) is 16.8 Å². The van der Waals surface area contributed by atoms with Gasteiger partial charge in [-0.15, -0.1) is 6.58 Å². The average Bonchev–Trinajstić information content (AvgIpc) is 3.15. The molecule has 0 radical (unpaired) electrons. The van der Waals surface area contributed by atoms with E-state index in [9.17, 15) is 27.9 Å². The highest BCUT2D eigenvalue weighted by Crippen LogP contribution is 2.31. The topological polar surface area (TPSA) is 173 Å². The van der Waals surface area contributed by atoms with E-state index in [4.69, 9.17) is 4.74 Å². The summed E-state index contributed by atoms with van der Waals surface area (Å²) in [5, 5.41) is 18.5. The van der Waals surface area contributed by atoms with Crippen molar-refractivity contribution in [2.75, 3.05) is 72.6 Å². The number of hydrogen-bond acceptors (Lipinski definition) is 9. The summed E-state index contributed by atoms with van der Waals surface area (Å²) in [4.78, 5) is 44.4. The summed E-state index contributed by atoms with van der Waals surface area (Å²) in [5.41, 5.74) is 0.666. The molecule has 3 fully saturated rings. The molecule has 4 rings (SSSR count). The van der Waals surface area contributed by atoms with Gasteiger partial charge in [0.2, 0.25) is 11.8 Å². The van der Waals surface area contributed by atoms with Gasteiger partial charge >= 0.3 is 5.92 Å². The lowest BCUT2D eigenvalue weighted by Gasteiger charge is -2.34. The maximum absolute atomic E-state index is 15.6. The number of likely N-dealkylation sites (N-methyl/N-ethyl adjacent to an activating group) is 1. The number of alkyl halides is 2. The largest absolute Gasteiger partial charge is 0.384 e. The monoisotopic (exact) mass is 769 g/mol. The summed E-state index contributed by atoms with van der Waals surface area (Å²) in [6.45, 7) is 7.70. The zero-order valence-corrected chi connectivity index (χ0v) is 31.5. The highest BCUT2D eigenvalue weighted by Gasteiger charge is 2.51. The van der Waals surface area contributed by atoms with Crippen LogP contribution in [0.15, 0.2) is 43.0 Å². The first-order valence-corrected chi connectivity index (χ1v) is 20.1. The van der Waals surface area contributed by atoms with Gasteiger partial charge in [-0.2, -0.15) is 26.2 Å². The Balaban J connectivity index is 1.48. The fourth-order valence-corrected chi connectivity index (χ4v) is 8.32. The van der Waals surface area contributed by atoms with E-state index in [-0.39, 0.29) is 44.8 Å². The van der Waals surface area contributed by atoms with Crippen LogP contribution in [0.25, 0.3) is 0 Å². The van der Waals surface area contributed by atoms with Gasteiger partial charge in [0.1, 0.15) is 18.2 Å². The number of carbonyl (C=O) groups excluding carboxylic acids is 3. The minimum Gasteiger partial charge on any atom is -0.384 e. The minimum atomic E-state index is -4.24. The van der Waals surface area contributed by atoms with E-state index in [0.717, 1.165) is 32.1 Å². The molecular weight excluding hydrogens is 713 g/mol. The molecule has 5 N–H and O–H groups in total. The van der Waals surface area contributed by atoms with Gasteiger partial charge in [0.25, 0.3) is 16.1 Å². The third kappa shape index (κ3) is 13.0. The van der Waals surface area contributed by atoms with Gasteiger partial charge < -0.3 is 30.7 Å². The van der Waals surface area contributed by atoms with Crippen molar-refractivity contribution in [3.8, 4) is 0 Å². The molecule has 0 bridgehead atoms. The maximum Gasteiger partial charge on any atom is 0.351 e. The van der Waals surface area contributed by atoms with Crippen LogP contribution >= 0.6 is 0 Å². The molecule has 1 aromatic carbocycles. The van der Waals surface area contributed by atoms with Gasteiger partial charge in [-0.05, 0) is 37.8 Å². The molecular formula is C36H57F2N7O7S. The zero-order chi connectivity index (χ0) is 38.4. The summed E-state index contributed by atoms with van der Waals surface area (Å²) >= 11 is 0. The van der Waals surface area contributed by atoms with Crippen LogP contribution in [0.4, 0.5) is 8.78 Å². The Kier molecular flexibility index (Phi) is 16.6. The van der Waals surface area contributed by atoms with E-state index < -0.39 is 58.1 Å². The predicted molar refractivity (Wildman–Crippen MR) is 196 cm³/mol. The second kappa shape index (κ2) is 20.6. The standard InChI is InChI=1S/C36H57F2N7O7S/c1-3-10-29(40-34(48)31(26-28-13-8-5-9-14-28)42-53(50,51)45-19-17-43(2)18-20-45)33(47)41-30(25-27-11-6-4-7-12-27)32(46)36(37,38)35(49)39-15-16-44-21-23-52-24-22-44/h3,5,8-9,13-14,27,29-32,42,46H,1,4,6-7,10-12,15-26H2,2H3,(H,39,49)(H,40,48)(H,41,47)/t29-,30-,31-,32?/m0/s1. The summed E-state index contributed by atoms with van der Waals surface area (Å²) in [5.74, 6) is -7.63. The number of halogens is 2. The number of ether oxygens (including phenoxy) is 1. The first kappa shape index (κ1) is 42.7. The van der Waals surface area contributed by atoms with Crippen LogP contribution in [0.3, 0.4) is 0 Å². The Hall–Kier alpha value is -3.06. The number of amides is 3. The fourth-order valence-electron chi connectivity index (χ4n) is 6.98. The molecule has 1 aromatic rings. The molecule has 2 saturated heterocycles. The molecule has 17 heteroatoms. The van der Waals surface area contributed by atoms with Crippen LogP contribution in [-0.2, 0) is 35.8 Å². The molecule has 2 aliphatic heterocycles. The summed E-state index contributed by atoms with van der Waals surface area (Å²) in [6, 6.07) is 4.60. The lowest BCUT2D eigenvalue weighted by molar-refractivity contribution is -0.168. The van der Waals surface area contributed by atoms with Crippen LogP contribution < -0.4 is 20.7 Å². The highest BCUT2D eigenvalue weighted by atomic mass is 32.2. The van der Waals surface area contributed by atoms with Gasteiger partial charge in [0.15, 0.2) is 0 Å². The minimum absolute atomic E-state index is 0.000233. The first-order valence-electron chi connectivity index (χ1n) is 18.7. The lowest BCUT2D eigenvalue weighted by atomic mass is 9.82. The molecule has 3 aliphatic rings. The van der Waals surface area contributed by atoms with Crippen molar-refractivity contribution in [2.45, 2.75) is 81.5 Å². The summed E-state index contributed by atoms with van der Waals surface area (Å²) in [7, 11) is -2.23. The molecule has 1 aliphatic carbocycles. The van der Waals surface area contributed by atoms with Crippen LogP contribution in [0.1, 0.15) is 50.5 Å². The number of nitrogens with zero attached hydrogens (tertiary/aromatic N) is 3. The highest BCUT2D eigenvalue weighted by molar-refractivity contribution is 7.87. The Morgan fingerprint density at radius 1 is 0.981 bits per heavy atom. The number of nitrogens with one attached hydrogen (secondary N) is 4. The van der Waals surface area contributed by atoms with E-state index >= 15 is 8.78 Å². The number of morpholine rings is 1. The van der Waals surface area contributed by atoms with Crippen molar-refractivity contribution < 1.29 is 41.4 Å². The molecule has 53 heavy (non-hydrogen) atoms. The molecule has 0 aromatic heterocycles. The zero-order valence-electron chi connectivity index (χ0n) is 30.7. The van der Waals surface area contributed by atoms with Crippen molar-refractivity contribution >= 4 is 27.9 Å². The van der Waals surface area contributed by atoms with Crippen molar-refractivity contribution in [1.29, 1.82) is 0 Å². The number of carbonyl (C=O) groups is 3. The number of rotatable bonds is 19. The van der Waals surface area contributed by atoms with E-state index in [1.165, 1.54) is 10.4 Å².